The first-order chi connectivity index (χ1) is 13.4. The van der Waals surface area contributed by atoms with Crippen LogP contribution in [0, 0.1) is 11.2 Å². The van der Waals surface area contributed by atoms with Crippen LogP contribution in [-0.4, -0.2) is 35.8 Å². The summed E-state index contributed by atoms with van der Waals surface area (Å²) >= 11 is 5.98. The van der Waals surface area contributed by atoms with E-state index in [1.165, 1.54) is 12.1 Å². The Labute approximate surface area is 168 Å². The van der Waals surface area contributed by atoms with Crippen LogP contribution in [0.3, 0.4) is 0 Å². The number of nitrogens with one attached hydrogen (secondary N) is 1. The zero-order valence-corrected chi connectivity index (χ0v) is 16.4. The molecular weight excluding hydrogens is 379 g/mol. The molecule has 0 radical (unpaired) electrons. The molecule has 2 fully saturated rings. The fourth-order valence-corrected chi connectivity index (χ4v) is 4.57. The second-order valence-corrected chi connectivity index (χ2v) is 8.31. The zero-order chi connectivity index (χ0) is 19.9. The van der Waals surface area contributed by atoms with Crippen molar-refractivity contribution in [2.45, 2.75) is 32.2 Å². The number of hydrogen-bond donors (Lipinski definition) is 1. The second-order valence-electron chi connectivity index (χ2n) is 7.87. The highest BCUT2D eigenvalue weighted by Gasteiger charge is 2.51. The van der Waals surface area contributed by atoms with Crippen molar-refractivity contribution in [3.05, 3.63) is 58.9 Å². The van der Waals surface area contributed by atoms with E-state index in [1.54, 1.807) is 17.9 Å². The minimum Gasteiger partial charge on any atom is -0.352 e. The second kappa shape index (κ2) is 7.21. The summed E-state index contributed by atoms with van der Waals surface area (Å²) in [7, 11) is 0. The van der Waals surface area contributed by atoms with Crippen LogP contribution in [0.1, 0.15) is 25.3 Å². The number of carbonyl (C=O) groups is 2. The van der Waals surface area contributed by atoms with Crippen molar-refractivity contribution in [1.29, 1.82) is 0 Å². The van der Waals surface area contributed by atoms with Gasteiger partial charge in [0.05, 0.1) is 5.41 Å². The van der Waals surface area contributed by atoms with E-state index >= 15 is 0 Å². The Balaban J connectivity index is 1.45. The van der Waals surface area contributed by atoms with Gasteiger partial charge in [-0.2, -0.15) is 0 Å². The van der Waals surface area contributed by atoms with Crippen molar-refractivity contribution >= 4 is 23.4 Å². The highest BCUT2D eigenvalue weighted by molar-refractivity contribution is 6.30. The summed E-state index contributed by atoms with van der Waals surface area (Å²) in [5.74, 6) is -0.228. The fraction of sp³-hybridized carbons (Fsp3) is 0.364. The van der Waals surface area contributed by atoms with Crippen molar-refractivity contribution in [3.63, 3.8) is 0 Å². The van der Waals surface area contributed by atoms with Gasteiger partial charge in [0.25, 0.3) is 0 Å². The minimum absolute atomic E-state index is 0.0250. The normalized spacial score (nSPS) is 24.0. The molecule has 4 nitrogen and oxygen atoms in total. The number of nitrogens with zero attached hydrogens (tertiary/aromatic N) is 1. The lowest BCUT2D eigenvalue weighted by Crippen LogP contribution is -2.36. The molecule has 2 aliphatic heterocycles. The number of benzene rings is 2. The summed E-state index contributed by atoms with van der Waals surface area (Å²) in [6, 6.07) is 12.2. The average Bonchev–Trinajstić information content (AvgIpc) is 3.22. The van der Waals surface area contributed by atoms with Crippen LogP contribution < -0.4 is 5.32 Å². The van der Waals surface area contributed by atoms with E-state index in [0.717, 1.165) is 24.0 Å². The molecule has 0 aromatic heterocycles. The van der Waals surface area contributed by atoms with Gasteiger partial charge in [0.1, 0.15) is 5.82 Å². The van der Waals surface area contributed by atoms with E-state index in [4.69, 9.17) is 11.6 Å². The molecule has 2 amide bonds. The molecule has 2 unspecified atom stereocenters. The van der Waals surface area contributed by atoms with Gasteiger partial charge in [-0.1, -0.05) is 35.9 Å². The fourth-order valence-electron chi connectivity index (χ4n) is 4.39. The molecule has 1 spiro atoms. The maximum atomic E-state index is 14.1. The number of hydrogen-bond acceptors (Lipinski definition) is 2. The van der Waals surface area contributed by atoms with Gasteiger partial charge >= 0.3 is 0 Å². The zero-order valence-electron chi connectivity index (χ0n) is 15.7. The van der Waals surface area contributed by atoms with E-state index in [0.29, 0.717) is 30.1 Å². The third kappa shape index (κ3) is 3.51. The Morgan fingerprint density at radius 3 is 2.71 bits per heavy atom. The Kier molecular flexibility index (Phi) is 4.88. The third-order valence-corrected chi connectivity index (χ3v) is 6.16. The maximum absolute atomic E-state index is 14.1. The van der Waals surface area contributed by atoms with E-state index < -0.39 is 5.41 Å². The summed E-state index contributed by atoms with van der Waals surface area (Å²) < 4.78 is 14.1. The molecule has 2 atom stereocenters. The van der Waals surface area contributed by atoms with Gasteiger partial charge in [-0.15, -0.1) is 0 Å². The number of rotatable bonds is 3. The number of carbonyl (C=O) groups excluding carboxylic acids is 2. The van der Waals surface area contributed by atoms with Crippen molar-refractivity contribution in [3.8, 4) is 11.1 Å². The molecule has 4 rings (SSSR count). The molecule has 2 aromatic rings. The lowest BCUT2D eigenvalue weighted by atomic mass is 9.83. The lowest BCUT2D eigenvalue weighted by Gasteiger charge is -2.20. The van der Waals surface area contributed by atoms with E-state index in [-0.39, 0.29) is 23.7 Å². The molecule has 28 heavy (non-hydrogen) atoms. The highest BCUT2D eigenvalue weighted by Crippen LogP contribution is 2.40. The third-order valence-electron chi connectivity index (χ3n) is 5.93. The summed E-state index contributed by atoms with van der Waals surface area (Å²) in [4.78, 5) is 26.0. The van der Waals surface area contributed by atoms with Crippen molar-refractivity contribution < 1.29 is 14.0 Å². The van der Waals surface area contributed by atoms with Gasteiger partial charge in [0, 0.05) is 36.6 Å². The molecule has 2 aliphatic rings. The standard InChI is InChI=1S/C22H22ClFN2O2/c1-14(27)26-9-8-22(13-26)12-18(25-21(22)28)10-15-2-4-16(5-3-15)19-11-17(23)6-7-20(19)24/h2-7,11,18H,8-10,12-13H2,1H3,(H,25,28). The highest BCUT2D eigenvalue weighted by atomic mass is 35.5. The van der Waals surface area contributed by atoms with Crippen LogP contribution in [0.15, 0.2) is 42.5 Å². The van der Waals surface area contributed by atoms with Crippen LogP contribution >= 0.6 is 11.6 Å². The summed E-state index contributed by atoms with van der Waals surface area (Å²) in [5.41, 5.74) is 1.88. The summed E-state index contributed by atoms with van der Waals surface area (Å²) in [5, 5.41) is 3.60. The Morgan fingerprint density at radius 2 is 2.04 bits per heavy atom. The van der Waals surface area contributed by atoms with Crippen LogP contribution in [0.5, 0.6) is 0 Å². The molecule has 2 heterocycles. The van der Waals surface area contributed by atoms with E-state index in [9.17, 15) is 14.0 Å². The Hall–Kier alpha value is -2.40. The predicted octanol–water partition coefficient (Wildman–Crippen LogP) is 3.82. The molecule has 0 saturated carbocycles. The van der Waals surface area contributed by atoms with Crippen LogP contribution in [-0.2, 0) is 16.0 Å². The first-order valence-electron chi connectivity index (χ1n) is 9.47. The summed E-state index contributed by atoms with van der Waals surface area (Å²) in [6.45, 7) is 2.71. The van der Waals surface area contributed by atoms with Gasteiger partial charge in [0.2, 0.25) is 11.8 Å². The van der Waals surface area contributed by atoms with Gasteiger partial charge in [-0.3, -0.25) is 9.59 Å². The van der Waals surface area contributed by atoms with Crippen LogP contribution in [0.25, 0.3) is 11.1 Å². The lowest BCUT2D eigenvalue weighted by molar-refractivity contribution is -0.130. The number of halogens is 2. The first kappa shape index (κ1) is 18.9. The minimum atomic E-state index is -0.444. The average molecular weight is 401 g/mol. The molecule has 1 N–H and O–H groups in total. The van der Waals surface area contributed by atoms with Gasteiger partial charge in [0.15, 0.2) is 0 Å². The Bertz CT molecular complexity index is 931. The van der Waals surface area contributed by atoms with Gasteiger partial charge < -0.3 is 10.2 Å². The first-order valence-corrected chi connectivity index (χ1v) is 9.85. The molecule has 0 bridgehead atoms. The van der Waals surface area contributed by atoms with Crippen molar-refractivity contribution in [1.82, 2.24) is 10.2 Å². The molecule has 2 saturated heterocycles. The van der Waals surface area contributed by atoms with Crippen LogP contribution in [0.4, 0.5) is 4.39 Å². The number of likely N-dealkylation sites (tertiary alicyclic amines) is 1. The molecule has 6 heteroatoms. The summed E-state index contributed by atoms with van der Waals surface area (Å²) in [6.07, 6.45) is 2.17. The van der Waals surface area contributed by atoms with Crippen molar-refractivity contribution in [2.24, 2.45) is 5.41 Å². The monoisotopic (exact) mass is 400 g/mol. The predicted molar refractivity (Wildman–Crippen MR) is 106 cm³/mol. The molecule has 2 aromatic carbocycles. The largest absolute Gasteiger partial charge is 0.352 e. The molecule has 146 valence electrons. The molecular formula is C22H22ClFN2O2. The van der Waals surface area contributed by atoms with Crippen LogP contribution in [0.2, 0.25) is 5.02 Å². The maximum Gasteiger partial charge on any atom is 0.228 e. The van der Waals surface area contributed by atoms with Gasteiger partial charge in [-0.05, 0) is 48.6 Å². The SMILES string of the molecule is CC(=O)N1CCC2(CC(Cc3ccc(-c4cc(Cl)ccc4F)cc3)NC2=O)C1. The van der Waals surface area contributed by atoms with E-state index in [2.05, 4.69) is 5.32 Å². The molecule has 0 aliphatic carbocycles. The Morgan fingerprint density at radius 1 is 1.29 bits per heavy atom. The number of amides is 2. The topological polar surface area (TPSA) is 49.4 Å². The van der Waals surface area contributed by atoms with Gasteiger partial charge in [-0.25, -0.2) is 4.39 Å². The van der Waals surface area contributed by atoms with Crippen molar-refractivity contribution in [2.75, 3.05) is 13.1 Å². The van der Waals surface area contributed by atoms with E-state index in [1.807, 2.05) is 24.3 Å². The smallest absolute Gasteiger partial charge is 0.228 e. The quantitative estimate of drug-likeness (QED) is 0.851.